The molecule has 0 spiro atoms. The minimum absolute atomic E-state index is 0. The Balaban J connectivity index is 0.00000385. The zero-order chi connectivity index (χ0) is 22.9. The summed E-state index contributed by atoms with van der Waals surface area (Å²) >= 11 is 1.53. The van der Waals surface area contributed by atoms with Gasteiger partial charge in [-0.05, 0) is 55.9 Å². The first-order valence-electron chi connectivity index (χ1n) is 11.3. The number of amides is 1. The fourth-order valence-electron chi connectivity index (χ4n) is 3.39. The molecule has 1 heterocycles. The van der Waals surface area contributed by atoms with Crippen molar-refractivity contribution < 1.29 is 14.3 Å². The van der Waals surface area contributed by atoms with Crippen molar-refractivity contribution in [1.29, 1.82) is 0 Å². The van der Waals surface area contributed by atoms with E-state index in [0.29, 0.717) is 23.8 Å². The molecule has 33 heavy (non-hydrogen) atoms. The molecular formula is C25H34ClN3O3S. The molecule has 0 saturated carbocycles. The van der Waals surface area contributed by atoms with Crippen LogP contribution in [0.25, 0.3) is 10.2 Å². The molecule has 0 fully saturated rings. The van der Waals surface area contributed by atoms with Gasteiger partial charge in [0.25, 0.3) is 5.91 Å². The molecule has 0 bridgehead atoms. The van der Waals surface area contributed by atoms with E-state index in [4.69, 9.17) is 14.5 Å². The highest BCUT2D eigenvalue weighted by molar-refractivity contribution is 7.22. The number of nitrogens with zero attached hydrogens (tertiary/aromatic N) is 3. The second-order valence-corrected chi connectivity index (χ2v) is 8.55. The molecule has 8 heteroatoms. The molecule has 180 valence electrons. The van der Waals surface area contributed by atoms with Crippen LogP contribution in [0.15, 0.2) is 42.5 Å². The average molecular weight is 492 g/mol. The second-order valence-electron chi connectivity index (χ2n) is 7.54. The van der Waals surface area contributed by atoms with Crippen LogP contribution in [-0.4, -0.2) is 55.7 Å². The van der Waals surface area contributed by atoms with Gasteiger partial charge in [-0.25, -0.2) is 4.98 Å². The molecule has 0 aliphatic rings. The second kappa shape index (κ2) is 13.4. The van der Waals surface area contributed by atoms with Crippen molar-refractivity contribution in [3.05, 3.63) is 48.0 Å². The molecule has 0 aliphatic carbocycles. The zero-order valence-corrected chi connectivity index (χ0v) is 21.5. The van der Waals surface area contributed by atoms with Crippen LogP contribution in [0.4, 0.5) is 5.13 Å². The lowest BCUT2D eigenvalue weighted by molar-refractivity contribution is 0.0983. The Labute approximate surface area is 206 Å². The highest BCUT2D eigenvalue weighted by atomic mass is 35.5. The van der Waals surface area contributed by atoms with Crippen molar-refractivity contribution >= 4 is 45.0 Å². The Hall–Kier alpha value is -2.35. The van der Waals surface area contributed by atoms with E-state index in [9.17, 15) is 4.79 Å². The third kappa shape index (κ3) is 7.06. The van der Waals surface area contributed by atoms with Gasteiger partial charge in [-0.15, -0.1) is 12.4 Å². The number of methoxy groups -OCH3 is 1. The van der Waals surface area contributed by atoms with Crippen LogP contribution in [0.2, 0.25) is 0 Å². The highest BCUT2D eigenvalue weighted by Gasteiger charge is 2.22. The lowest BCUT2D eigenvalue weighted by Crippen LogP contribution is -2.38. The molecule has 3 aromatic rings. The minimum Gasteiger partial charge on any atom is -0.497 e. The Morgan fingerprint density at radius 3 is 2.33 bits per heavy atom. The van der Waals surface area contributed by atoms with Crippen LogP contribution >= 0.6 is 23.7 Å². The molecular weight excluding hydrogens is 458 g/mol. The standard InChI is InChI=1S/C25H33N3O3S.ClH/c1-5-8-17-31-20-11-9-19(10-12-20)24(29)28(16-15-27(6-2)7-3)25-26-22-18-21(30-4)13-14-23(22)32-25;/h9-14,18H,5-8,15-17H2,1-4H3;1H. The van der Waals surface area contributed by atoms with E-state index in [-0.39, 0.29) is 18.3 Å². The number of ether oxygens (including phenoxy) is 2. The van der Waals surface area contributed by atoms with Gasteiger partial charge in [0, 0.05) is 24.7 Å². The monoisotopic (exact) mass is 491 g/mol. The number of hydrogen-bond donors (Lipinski definition) is 0. The van der Waals surface area contributed by atoms with Gasteiger partial charge in [0.05, 0.1) is 23.9 Å². The Morgan fingerprint density at radius 1 is 1.00 bits per heavy atom. The molecule has 0 aliphatic heterocycles. The van der Waals surface area contributed by atoms with Crippen LogP contribution in [0, 0.1) is 0 Å². The quantitative estimate of drug-likeness (QED) is 0.295. The molecule has 6 nitrogen and oxygen atoms in total. The Bertz CT molecular complexity index is 1010. The van der Waals surface area contributed by atoms with Crippen molar-refractivity contribution in [2.45, 2.75) is 33.6 Å². The third-order valence-electron chi connectivity index (χ3n) is 5.46. The lowest BCUT2D eigenvalue weighted by atomic mass is 10.2. The summed E-state index contributed by atoms with van der Waals surface area (Å²) in [7, 11) is 1.64. The number of likely N-dealkylation sites (N-methyl/N-ethyl adjacent to an activating group) is 1. The first kappa shape index (κ1) is 26.9. The summed E-state index contributed by atoms with van der Waals surface area (Å²) in [6, 6.07) is 13.2. The highest BCUT2D eigenvalue weighted by Crippen LogP contribution is 2.32. The van der Waals surface area contributed by atoms with E-state index in [0.717, 1.165) is 54.2 Å². The molecule has 0 saturated heterocycles. The summed E-state index contributed by atoms with van der Waals surface area (Å²) in [5.74, 6) is 1.49. The molecule has 3 rings (SSSR count). The summed E-state index contributed by atoms with van der Waals surface area (Å²) in [6.45, 7) is 10.3. The summed E-state index contributed by atoms with van der Waals surface area (Å²) in [4.78, 5) is 22.4. The number of unbranched alkanes of at least 4 members (excludes halogenated alkanes) is 1. The number of anilines is 1. The predicted octanol–water partition coefficient (Wildman–Crippen LogP) is 5.89. The van der Waals surface area contributed by atoms with Gasteiger partial charge in [0.2, 0.25) is 0 Å². The van der Waals surface area contributed by atoms with Gasteiger partial charge in [-0.2, -0.15) is 0 Å². The number of benzene rings is 2. The molecule has 1 aromatic heterocycles. The van der Waals surface area contributed by atoms with E-state index in [2.05, 4.69) is 25.7 Å². The normalized spacial score (nSPS) is 10.8. The number of halogens is 1. The first-order valence-corrected chi connectivity index (χ1v) is 12.1. The van der Waals surface area contributed by atoms with Gasteiger partial charge < -0.3 is 14.4 Å². The largest absolute Gasteiger partial charge is 0.497 e. The van der Waals surface area contributed by atoms with Crippen molar-refractivity contribution in [1.82, 2.24) is 9.88 Å². The molecule has 2 aromatic carbocycles. The van der Waals surface area contributed by atoms with Crippen LogP contribution in [0.5, 0.6) is 11.5 Å². The van der Waals surface area contributed by atoms with Crippen LogP contribution in [0.1, 0.15) is 44.0 Å². The van der Waals surface area contributed by atoms with Crippen molar-refractivity contribution in [3.63, 3.8) is 0 Å². The summed E-state index contributed by atoms with van der Waals surface area (Å²) in [6.07, 6.45) is 2.11. The lowest BCUT2D eigenvalue weighted by Gasteiger charge is -2.24. The molecule has 0 atom stereocenters. The van der Waals surface area contributed by atoms with Gasteiger partial charge in [-0.1, -0.05) is 38.5 Å². The number of aromatic nitrogens is 1. The van der Waals surface area contributed by atoms with E-state index >= 15 is 0 Å². The predicted molar refractivity (Wildman–Crippen MR) is 140 cm³/mol. The Kier molecular flexibility index (Phi) is 10.9. The SMILES string of the molecule is CCCCOc1ccc(C(=O)N(CCN(CC)CC)c2nc3cc(OC)ccc3s2)cc1.Cl. The fraction of sp³-hybridized carbons (Fsp3) is 0.440. The maximum Gasteiger partial charge on any atom is 0.260 e. The van der Waals surface area contributed by atoms with E-state index in [1.54, 1.807) is 12.0 Å². The number of fused-ring (bicyclic) bond motifs is 1. The Morgan fingerprint density at radius 2 is 1.70 bits per heavy atom. The third-order valence-corrected chi connectivity index (χ3v) is 6.52. The topological polar surface area (TPSA) is 54.9 Å². The van der Waals surface area contributed by atoms with E-state index in [1.807, 2.05) is 42.5 Å². The van der Waals surface area contributed by atoms with E-state index in [1.165, 1.54) is 11.3 Å². The smallest absolute Gasteiger partial charge is 0.260 e. The number of carbonyl (C=O) groups is 1. The van der Waals surface area contributed by atoms with Crippen LogP contribution < -0.4 is 14.4 Å². The number of thiazole rings is 1. The van der Waals surface area contributed by atoms with Crippen molar-refractivity contribution in [3.8, 4) is 11.5 Å². The van der Waals surface area contributed by atoms with Crippen molar-refractivity contribution in [2.75, 3.05) is 44.8 Å². The summed E-state index contributed by atoms with van der Waals surface area (Å²) < 4.78 is 12.1. The molecule has 1 amide bonds. The van der Waals surface area contributed by atoms with Gasteiger partial charge in [-0.3, -0.25) is 9.69 Å². The fourth-order valence-corrected chi connectivity index (χ4v) is 4.36. The number of hydrogen-bond acceptors (Lipinski definition) is 6. The van der Waals surface area contributed by atoms with Crippen LogP contribution in [-0.2, 0) is 0 Å². The van der Waals surface area contributed by atoms with Gasteiger partial charge in [0.1, 0.15) is 11.5 Å². The number of carbonyl (C=O) groups excluding carboxylic acids is 1. The average Bonchev–Trinajstić information content (AvgIpc) is 3.25. The zero-order valence-electron chi connectivity index (χ0n) is 19.9. The van der Waals surface area contributed by atoms with E-state index < -0.39 is 0 Å². The first-order chi connectivity index (χ1) is 15.6. The summed E-state index contributed by atoms with van der Waals surface area (Å²) in [5.41, 5.74) is 1.47. The maximum absolute atomic E-state index is 13.5. The van der Waals surface area contributed by atoms with Gasteiger partial charge >= 0.3 is 0 Å². The van der Waals surface area contributed by atoms with Crippen molar-refractivity contribution in [2.24, 2.45) is 0 Å². The molecule has 0 radical (unpaired) electrons. The number of rotatable bonds is 12. The molecule has 0 N–H and O–H groups in total. The maximum atomic E-state index is 13.5. The van der Waals surface area contributed by atoms with Crippen LogP contribution in [0.3, 0.4) is 0 Å². The summed E-state index contributed by atoms with van der Waals surface area (Å²) in [5, 5.41) is 0.702. The minimum atomic E-state index is -0.0525. The van der Waals surface area contributed by atoms with Gasteiger partial charge in [0.15, 0.2) is 5.13 Å². The molecule has 0 unspecified atom stereocenters.